The van der Waals surface area contributed by atoms with Crippen LogP contribution in [0, 0.1) is 5.92 Å². The molecule has 1 heterocycles. The lowest BCUT2D eigenvalue weighted by Crippen LogP contribution is -2.44. The minimum absolute atomic E-state index is 0.0902. The highest BCUT2D eigenvalue weighted by Gasteiger charge is 2.34. The molecule has 0 aromatic carbocycles. The number of nitrogens with one attached hydrogen (secondary N) is 2. The maximum atomic E-state index is 11.2. The van der Waals surface area contributed by atoms with Gasteiger partial charge in [-0.15, -0.1) is 0 Å². The summed E-state index contributed by atoms with van der Waals surface area (Å²) in [5, 5.41) is 6.65. The van der Waals surface area contributed by atoms with Gasteiger partial charge in [-0.1, -0.05) is 0 Å². The van der Waals surface area contributed by atoms with Gasteiger partial charge in [-0.25, -0.2) is 8.42 Å². The van der Waals surface area contributed by atoms with Crippen molar-refractivity contribution in [3.05, 3.63) is 0 Å². The van der Waals surface area contributed by atoms with E-state index in [0.29, 0.717) is 12.3 Å². The van der Waals surface area contributed by atoms with Crippen LogP contribution in [-0.4, -0.2) is 70.1 Å². The zero-order valence-corrected chi connectivity index (χ0v) is 14.8. The van der Waals surface area contributed by atoms with E-state index in [2.05, 4.69) is 20.5 Å². The Balaban J connectivity index is 1.66. The molecule has 2 rings (SSSR count). The summed E-state index contributed by atoms with van der Waals surface area (Å²) in [5.74, 6) is 1.66. The molecule has 0 bridgehead atoms. The first-order valence-electron chi connectivity index (χ1n) is 8.26. The van der Waals surface area contributed by atoms with E-state index >= 15 is 0 Å². The number of rotatable bonds is 7. The van der Waals surface area contributed by atoms with Crippen molar-refractivity contribution >= 4 is 15.8 Å². The van der Waals surface area contributed by atoms with Gasteiger partial charge in [0.25, 0.3) is 0 Å². The molecule has 2 N–H and O–H groups in total. The van der Waals surface area contributed by atoms with Crippen molar-refractivity contribution in [2.75, 3.05) is 38.7 Å². The van der Waals surface area contributed by atoms with Crippen molar-refractivity contribution in [1.82, 2.24) is 15.5 Å². The van der Waals surface area contributed by atoms with Crippen LogP contribution in [0.5, 0.6) is 0 Å². The van der Waals surface area contributed by atoms with Gasteiger partial charge in [0, 0.05) is 38.5 Å². The van der Waals surface area contributed by atoms with Gasteiger partial charge in [-0.05, 0) is 45.1 Å². The Kier molecular flexibility index (Phi) is 6.09. The smallest absolute Gasteiger partial charge is 0.191 e. The van der Waals surface area contributed by atoms with Crippen LogP contribution in [0.15, 0.2) is 4.99 Å². The predicted octanol–water partition coefficient (Wildman–Crippen LogP) is 0.459. The first-order valence-corrected chi connectivity index (χ1v) is 10.3. The van der Waals surface area contributed by atoms with Crippen molar-refractivity contribution < 1.29 is 8.42 Å². The van der Waals surface area contributed by atoms with E-state index in [4.69, 9.17) is 0 Å². The van der Waals surface area contributed by atoms with Gasteiger partial charge in [0.2, 0.25) is 0 Å². The van der Waals surface area contributed by atoms with Crippen molar-refractivity contribution in [2.45, 2.75) is 44.7 Å². The number of hydrogen-bond donors (Lipinski definition) is 2. The van der Waals surface area contributed by atoms with Gasteiger partial charge < -0.3 is 15.5 Å². The molecule has 0 aromatic rings. The quantitative estimate of drug-likeness (QED) is 0.524. The van der Waals surface area contributed by atoms with Crippen molar-refractivity contribution in [2.24, 2.45) is 10.9 Å². The van der Waals surface area contributed by atoms with E-state index in [1.807, 2.05) is 6.92 Å². The molecule has 0 aromatic heterocycles. The SMILES string of the molecule is CN=C(NCC1CCN(C2CC2)C1)NC(C)CCS(C)(=O)=O. The highest BCUT2D eigenvalue weighted by Crippen LogP contribution is 2.31. The summed E-state index contributed by atoms with van der Waals surface area (Å²) in [6, 6.07) is 0.950. The highest BCUT2D eigenvalue weighted by atomic mass is 32.2. The molecule has 2 atom stereocenters. The van der Waals surface area contributed by atoms with Gasteiger partial charge in [0.05, 0.1) is 5.75 Å². The van der Waals surface area contributed by atoms with E-state index in [1.165, 1.54) is 38.6 Å². The van der Waals surface area contributed by atoms with Gasteiger partial charge in [0.1, 0.15) is 9.84 Å². The molecule has 1 saturated carbocycles. The summed E-state index contributed by atoms with van der Waals surface area (Å²) in [5.41, 5.74) is 0. The molecule has 0 spiro atoms. The van der Waals surface area contributed by atoms with Crippen molar-refractivity contribution in [1.29, 1.82) is 0 Å². The molecule has 1 aliphatic heterocycles. The van der Waals surface area contributed by atoms with Crippen molar-refractivity contribution in [3.8, 4) is 0 Å². The fourth-order valence-corrected chi connectivity index (χ4v) is 3.71. The third kappa shape index (κ3) is 6.12. The summed E-state index contributed by atoms with van der Waals surface area (Å²) in [7, 11) is -1.15. The minimum atomic E-state index is -2.90. The number of nitrogens with zero attached hydrogens (tertiary/aromatic N) is 2. The molecule has 1 aliphatic carbocycles. The summed E-state index contributed by atoms with van der Waals surface area (Å²) in [6.07, 6.45) is 5.88. The molecule has 2 unspecified atom stereocenters. The summed E-state index contributed by atoms with van der Waals surface area (Å²) in [4.78, 5) is 6.84. The van der Waals surface area contributed by atoms with Crippen LogP contribution in [0.3, 0.4) is 0 Å². The fourth-order valence-electron chi connectivity index (χ4n) is 2.93. The van der Waals surface area contributed by atoms with Gasteiger partial charge in [-0.2, -0.15) is 0 Å². The number of guanidine groups is 1. The fraction of sp³-hybridized carbons (Fsp3) is 0.933. The molecule has 6 nitrogen and oxygen atoms in total. The normalized spacial score (nSPS) is 25.2. The molecule has 0 radical (unpaired) electrons. The average Bonchev–Trinajstić information content (AvgIpc) is 3.20. The van der Waals surface area contributed by atoms with E-state index in [1.54, 1.807) is 7.05 Å². The van der Waals surface area contributed by atoms with Crippen LogP contribution in [0.1, 0.15) is 32.6 Å². The Morgan fingerprint density at radius 3 is 2.68 bits per heavy atom. The van der Waals surface area contributed by atoms with E-state index < -0.39 is 9.84 Å². The molecule has 0 amide bonds. The molecule has 128 valence electrons. The molecular formula is C15H30N4O2S. The second kappa shape index (κ2) is 7.64. The van der Waals surface area contributed by atoms with Crippen LogP contribution in [0.4, 0.5) is 0 Å². The van der Waals surface area contributed by atoms with E-state index in [0.717, 1.165) is 18.5 Å². The number of likely N-dealkylation sites (tertiary alicyclic amines) is 1. The molecule has 1 saturated heterocycles. The second-order valence-electron chi connectivity index (χ2n) is 6.80. The van der Waals surface area contributed by atoms with E-state index in [-0.39, 0.29) is 11.8 Å². The summed E-state index contributed by atoms with van der Waals surface area (Å²) in [6.45, 7) is 5.34. The van der Waals surface area contributed by atoms with Crippen LogP contribution >= 0.6 is 0 Å². The lowest BCUT2D eigenvalue weighted by Gasteiger charge is -2.20. The molecule has 7 heteroatoms. The van der Waals surface area contributed by atoms with Crippen molar-refractivity contribution in [3.63, 3.8) is 0 Å². The molecule has 2 fully saturated rings. The topological polar surface area (TPSA) is 73.8 Å². The van der Waals surface area contributed by atoms with Gasteiger partial charge in [0.15, 0.2) is 5.96 Å². The number of aliphatic imine (C=N–C) groups is 1. The third-order valence-electron chi connectivity index (χ3n) is 4.47. The van der Waals surface area contributed by atoms with Crippen LogP contribution in [0.2, 0.25) is 0 Å². The van der Waals surface area contributed by atoms with E-state index in [9.17, 15) is 8.42 Å². The third-order valence-corrected chi connectivity index (χ3v) is 5.44. The first-order chi connectivity index (χ1) is 10.4. The Bertz CT molecular complexity index is 488. The zero-order chi connectivity index (χ0) is 16.2. The zero-order valence-electron chi connectivity index (χ0n) is 14.0. The van der Waals surface area contributed by atoms with Gasteiger partial charge >= 0.3 is 0 Å². The Morgan fingerprint density at radius 1 is 1.36 bits per heavy atom. The Morgan fingerprint density at radius 2 is 2.09 bits per heavy atom. The molecular weight excluding hydrogens is 300 g/mol. The van der Waals surface area contributed by atoms with Crippen LogP contribution in [0.25, 0.3) is 0 Å². The lowest BCUT2D eigenvalue weighted by molar-refractivity contribution is 0.314. The van der Waals surface area contributed by atoms with Gasteiger partial charge in [-0.3, -0.25) is 4.99 Å². The summed E-state index contributed by atoms with van der Waals surface area (Å²) < 4.78 is 22.4. The maximum Gasteiger partial charge on any atom is 0.191 e. The van der Waals surface area contributed by atoms with Crippen LogP contribution < -0.4 is 10.6 Å². The lowest BCUT2D eigenvalue weighted by atomic mass is 10.1. The molecule has 2 aliphatic rings. The minimum Gasteiger partial charge on any atom is -0.356 e. The Hall–Kier alpha value is -0.820. The standard InChI is InChI=1S/C15H30N4O2S/c1-12(7-9-22(3,20)21)18-15(16-2)17-10-13-6-8-19(11-13)14-4-5-14/h12-14H,4-11H2,1-3H3,(H2,16,17,18). The second-order valence-corrected chi connectivity index (χ2v) is 9.06. The largest absolute Gasteiger partial charge is 0.356 e. The maximum absolute atomic E-state index is 11.2. The molecule has 22 heavy (non-hydrogen) atoms. The first kappa shape index (κ1) is 17.5. The highest BCUT2D eigenvalue weighted by molar-refractivity contribution is 7.90. The number of hydrogen-bond acceptors (Lipinski definition) is 4. The number of sulfone groups is 1. The Labute approximate surface area is 134 Å². The van der Waals surface area contributed by atoms with Crippen LogP contribution in [-0.2, 0) is 9.84 Å². The monoisotopic (exact) mass is 330 g/mol. The average molecular weight is 330 g/mol. The summed E-state index contributed by atoms with van der Waals surface area (Å²) >= 11 is 0. The predicted molar refractivity (Wildman–Crippen MR) is 91.0 cm³/mol.